The van der Waals surface area contributed by atoms with Crippen LogP contribution in [0.2, 0.25) is 0 Å². The topological polar surface area (TPSA) is 34.1 Å². The van der Waals surface area contributed by atoms with Crippen molar-refractivity contribution in [3.05, 3.63) is 59.9 Å². The van der Waals surface area contributed by atoms with Gasteiger partial charge in [0.15, 0.2) is 0 Å². The van der Waals surface area contributed by atoms with Crippen LogP contribution in [-0.4, -0.2) is 12.1 Å². The minimum absolute atomic E-state index is 0.315. The Labute approximate surface area is 108 Å². The molecule has 0 aliphatic carbocycles. The van der Waals surface area contributed by atoms with Gasteiger partial charge in [0.05, 0.1) is 7.11 Å². The average molecular weight is 242 g/mol. The second-order valence-electron chi connectivity index (χ2n) is 4.23. The van der Waals surface area contributed by atoms with Crippen LogP contribution in [0, 0.1) is 0 Å². The molecule has 1 N–H and O–H groups in total. The van der Waals surface area contributed by atoms with Crippen LogP contribution in [0.5, 0.6) is 5.75 Å². The molecule has 2 rings (SSSR count). The van der Waals surface area contributed by atoms with Gasteiger partial charge >= 0.3 is 0 Å². The lowest BCUT2D eigenvalue weighted by molar-refractivity contribution is 0.414. The Hall–Kier alpha value is -1.87. The number of nitrogens with zero attached hydrogens (tertiary/aromatic N) is 1. The molecule has 3 heteroatoms. The third kappa shape index (κ3) is 3.31. The van der Waals surface area contributed by atoms with Crippen LogP contribution in [0.15, 0.2) is 48.8 Å². The molecular formula is C15H18N2O. The Morgan fingerprint density at radius 1 is 1.11 bits per heavy atom. The molecular weight excluding hydrogens is 224 g/mol. The number of nitrogens with one attached hydrogen (secondary N) is 1. The first-order valence-corrected chi connectivity index (χ1v) is 6.06. The first-order valence-electron chi connectivity index (χ1n) is 6.06. The van der Waals surface area contributed by atoms with Gasteiger partial charge in [-0.15, -0.1) is 0 Å². The van der Waals surface area contributed by atoms with Crippen molar-refractivity contribution in [1.29, 1.82) is 0 Å². The van der Waals surface area contributed by atoms with Gasteiger partial charge in [-0.1, -0.05) is 12.1 Å². The highest BCUT2D eigenvalue weighted by Crippen LogP contribution is 2.14. The van der Waals surface area contributed by atoms with E-state index < -0.39 is 0 Å². The fraction of sp³-hybridized carbons (Fsp3) is 0.267. The molecule has 1 aromatic heterocycles. The maximum Gasteiger partial charge on any atom is 0.118 e. The Bertz CT molecular complexity index is 468. The second kappa shape index (κ2) is 6.17. The number of aromatic nitrogens is 1. The minimum atomic E-state index is 0.315. The van der Waals surface area contributed by atoms with Gasteiger partial charge in [0.1, 0.15) is 5.75 Å². The van der Waals surface area contributed by atoms with Crippen LogP contribution in [-0.2, 0) is 6.54 Å². The quantitative estimate of drug-likeness (QED) is 0.875. The largest absolute Gasteiger partial charge is 0.497 e. The summed E-state index contributed by atoms with van der Waals surface area (Å²) < 4.78 is 5.14. The number of ether oxygens (including phenoxy) is 1. The van der Waals surface area contributed by atoms with Crippen LogP contribution in [0.25, 0.3) is 0 Å². The van der Waals surface area contributed by atoms with Crippen LogP contribution >= 0.6 is 0 Å². The first kappa shape index (κ1) is 12.6. The monoisotopic (exact) mass is 242 g/mol. The molecule has 0 saturated heterocycles. The van der Waals surface area contributed by atoms with Gasteiger partial charge in [-0.3, -0.25) is 4.98 Å². The van der Waals surface area contributed by atoms with Crippen molar-refractivity contribution in [2.24, 2.45) is 0 Å². The molecule has 0 unspecified atom stereocenters. The average Bonchev–Trinajstić information content (AvgIpc) is 2.46. The van der Waals surface area contributed by atoms with Crippen molar-refractivity contribution in [3.8, 4) is 5.75 Å². The number of hydrogen-bond donors (Lipinski definition) is 1. The Morgan fingerprint density at radius 3 is 2.39 bits per heavy atom. The van der Waals surface area contributed by atoms with Gasteiger partial charge in [0, 0.05) is 25.0 Å². The Morgan fingerprint density at radius 2 is 1.78 bits per heavy atom. The highest BCUT2D eigenvalue weighted by Gasteiger charge is 2.03. The van der Waals surface area contributed by atoms with Crippen molar-refractivity contribution < 1.29 is 4.74 Å². The van der Waals surface area contributed by atoms with E-state index >= 15 is 0 Å². The van der Waals surface area contributed by atoms with E-state index in [0.717, 1.165) is 12.3 Å². The van der Waals surface area contributed by atoms with Crippen LogP contribution in [0.4, 0.5) is 0 Å². The third-order valence-electron chi connectivity index (χ3n) is 2.98. The summed E-state index contributed by atoms with van der Waals surface area (Å²) in [7, 11) is 1.68. The summed E-state index contributed by atoms with van der Waals surface area (Å²) in [5.41, 5.74) is 2.50. The van der Waals surface area contributed by atoms with Crippen LogP contribution < -0.4 is 10.1 Å². The molecule has 1 heterocycles. The second-order valence-corrected chi connectivity index (χ2v) is 4.23. The summed E-state index contributed by atoms with van der Waals surface area (Å²) in [4.78, 5) is 4.02. The van der Waals surface area contributed by atoms with Crippen LogP contribution in [0.3, 0.4) is 0 Å². The highest BCUT2D eigenvalue weighted by atomic mass is 16.5. The van der Waals surface area contributed by atoms with Gasteiger partial charge in [-0.05, 0) is 42.3 Å². The van der Waals surface area contributed by atoms with E-state index in [0.29, 0.717) is 6.04 Å². The number of rotatable bonds is 5. The fourth-order valence-corrected chi connectivity index (χ4v) is 1.78. The van der Waals surface area contributed by atoms with Crippen molar-refractivity contribution in [2.75, 3.05) is 7.11 Å². The van der Waals surface area contributed by atoms with Crippen molar-refractivity contribution in [1.82, 2.24) is 10.3 Å². The van der Waals surface area contributed by atoms with Crippen molar-refractivity contribution in [3.63, 3.8) is 0 Å². The normalized spacial score (nSPS) is 12.1. The Kier molecular flexibility index (Phi) is 4.31. The van der Waals surface area contributed by atoms with E-state index in [1.807, 2.05) is 36.7 Å². The maximum absolute atomic E-state index is 5.14. The third-order valence-corrected chi connectivity index (χ3v) is 2.98. The molecule has 2 aromatic rings. The summed E-state index contributed by atoms with van der Waals surface area (Å²) in [5.74, 6) is 0.890. The van der Waals surface area contributed by atoms with E-state index in [1.165, 1.54) is 11.1 Å². The van der Waals surface area contributed by atoms with Gasteiger partial charge < -0.3 is 10.1 Å². The lowest BCUT2D eigenvalue weighted by Crippen LogP contribution is -2.17. The summed E-state index contributed by atoms with van der Waals surface area (Å²) in [6.45, 7) is 2.99. The molecule has 94 valence electrons. The lowest BCUT2D eigenvalue weighted by Gasteiger charge is -2.14. The van der Waals surface area contributed by atoms with Gasteiger partial charge in [-0.25, -0.2) is 0 Å². The number of methoxy groups -OCH3 is 1. The molecule has 0 radical (unpaired) electrons. The zero-order valence-electron chi connectivity index (χ0n) is 10.8. The summed E-state index contributed by atoms with van der Waals surface area (Å²) in [6, 6.07) is 12.5. The molecule has 1 atom stereocenters. The van der Waals surface area contributed by atoms with E-state index in [1.54, 1.807) is 7.11 Å². The maximum atomic E-state index is 5.14. The predicted octanol–water partition coefficient (Wildman–Crippen LogP) is 2.94. The summed E-state index contributed by atoms with van der Waals surface area (Å²) >= 11 is 0. The zero-order chi connectivity index (χ0) is 12.8. The molecule has 0 aliphatic heterocycles. The molecule has 0 aliphatic rings. The smallest absolute Gasteiger partial charge is 0.118 e. The van der Waals surface area contributed by atoms with E-state index in [2.05, 4.69) is 29.4 Å². The predicted molar refractivity (Wildman–Crippen MR) is 72.5 cm³/mol. The molecule has 1 aromatic carbocycles. The molecule has 0 spiro atoms. The van der Waals surface area contributed by atoms with E-state index in [-0.39, 0.29) is 0 Å². The molecule has 0 saturated carbocycles. The van der Waals surface area contributed by atoms with Gasteiger partial charge in [0.2, 0.25) is 0 Å². The molecule has 0 bridgehead atoms. The lowest BCUT2D eigenvalue weighted by atomic mass is 10.1. The van der Waals surface area contributed by atoms with E-state index in [9.17, 15) is 0 Å². The summed E-state index contributed by atoms with van der Waals surface area (Å²) in [5, 5.41) is 3.48. The van der Waals surface area contributed by atoms with E-state index in [4.69, 9.17) is 4.74 Å². The fourth-order valence-electron chi connectivity index (χ4n) is 1.78. The number of hydrogen-bond acceptors (Lipinski definition) is 3. The molecule has 3 nitrogen and oxygen atoms in total. The minimum Gasteiger partial charge on any atom is -0.497 e. The zero-order valence-corrected chi connectivity index (χ0v) is 10.8. The molecule has 0 fully saturated rings. The SMILES string of the molecule is COc1ccc(CN[C@@H](C)c2ccncc2)cc1. The number of pyridine rings is 1. The van der Waals surface area contributed by atoms with Crippen molar-refractivity contribution >= 4 is 0 Å². The molecule has 18 heavy (non-hydrogen) atoms. The standard InChI is InChI=1S/C15H18N2O/c1-12(14-7-9-16-10-8-14)17-11-13-3-5-15(18-2)6-4-13/h3-10,12,17H,11H2,1-2H3/t12-/m0/s1. The first-order chi connectivity index (χ1) is 8.79. The van der Waals surface area contributed by atoms with Gasteiger partial charge in [0.25, 0.3) is 0 Å². The molecule has 0 amide bonds. The van der Waals surface area contributed by atoms with Gasteiger partial charge in [-0.2, -0.15) is 0 Å². The Balaban J connectivity index is 1.91. The van der Waals surface area contributed by atoms with Crippen LogP contribution in [0.1, 0.15) is 24.1 Å². The number of benzene rings is 1. The highest BCUT2D eigenvalue weighted by molar-refractivity contribution is 5.27. The van der Waals surface area contributed by atoms with Crippen molar-refractivity contribution in [2.45, 2.75) is 19.5 Å². The summed E-state index contributed by atoms with van der Waals surface area (Å²) in [6.07, 6.45) is 3.64.